The number of nitrogens with one attached hydrogen (secondary N) is 1. The number of pyridine rings is 1. The molecule has 0 radical (unpaired) electrons. The molecule has 0 aromatic carbocycles. The highest BCUT2D eigenvalue weighted by atomic mass is 16.5. The van der Waals surface area contributed by atoms with Gasteiger partial charge in [0.25, 0.3) is 5.91 Å². The van der Waals surface area contributed by atoms with Gasteiger partial charge in [-0.25, -0.2) is 9.78 Å². The number of hydrogen-bond donors (Lipinski definition) is 2. The molecule has 0 fully saturated rings. The van der Waals surface area contributed by atoms with E-state index >= 15 is 0 Å². The third-order valence-corrected chi connectivity index (χ3v) is 3.32. The Hall–Kier alpha value is -2.15. The first-order valence-corrected chi connectivity index (χ1v) is 7.84. The number of carboxylic acid groups (broad SMARTS) is 1. The monoisotopic (exact) mass is 338 g/mol. The molecule has 7 heteroatoms. The second kappa shape index (κ2) is 9.22. The second-order valence-corrected chi connectivity index (χ2v) is 6.69. The minimum atomic E-state index is -1.04. The van der Waals surface area contributed by atoms with E-state index in [-0.39, 0.29) is 5.41 Å². The fourth-order valence-electron chi connectivity index (χ4n) is 1.94. The summed E-state index contributed by atoms with van der Waals surface area (Å²) in [6.45, 7) is 6.81. The number of rotatable bonds is 9. The van der Waals surface area contributed by atoms with E-state index in [4.69, 9.17) is 9.47 Å². The van der Waals surface area contributed by atoms with Crippen LogP contribution in [0.1, 0.15) is 44.0 Å². The predicted molar refractivity (Wildman–Crippen MR) is 89.2 cm³/mol. The Balaban J connectivity index is 2.70. The van der Waals surface area contributed by atoms with E-state index in [1.807, 2.05) is 20.8 Å². The third-order valence-electron chi connectivity index (χ3n) is 3.32. The molecule has 1 rings (SSSR count). The summed E-state index contributed by atoms with van der Waals surface area (Å²) in [5.74, 6) is -1.21. The molecule has 1 atom stereocenters. The number of methoxy groups -OCH3 is 1. The van der Waals surface area contributed by atoms with Gasteiger partial charge in [-0.2, -0.15) is 0 Å². The molecule has 1 heterocycles. The Kier molecular flexibility index (Phi) is 7.64. The van der Waals surface area contributed by atoms with Gasteiger partial charge < -0.3 is 19.9 Å². The number of carbonyl (C=O) groups is 2. The zero-order valence-corrected chi connectivity index (χ0v) is 14.7. The van der Waals surface area contributed by atoms with Gasteiger partial charge in [0, 0.05) is 24.9 Å². The lowest BCUT2D eigenvalue weighted by Gasteiger charge is -2.21. The minimum Gasteiger partial charge on any atom is -0.480 e. The quantitative estimate of drug-likeness (QED) is 0.669. The summed E-state index contributed by atoms with van der Waals surface area (Å²) in [4.78, 5) is 27.6. The number of aromatic nitrogens is 1. The van der Waals surface area contributed by atoms with E-state index in [0.29, 0.717) is 37.5 Å². The van der Waals surface area contributed by atoms with Gasteiger partial charge in [0.15, 0.2) is 0 Å². The largest absolute Gasteiger partial charge is 0.480 e. The standard InChI is InChI=1S/C17H26N2O5/c1-17(2,3)7-5-13(16(21)22)19-15(20)12-6-8-18-14(11-12)24-10-9-23-4/h6,8,11,13H,5,7,9-10H2,1-4H3,(H,19,20)(H,21,22). The van der Waals surface area contributed by atoms with Crippen molar-refractivity contribution in [1.29, 1.82) is 0 Å². The van der Waals surface area contributed by atoms with Crippen LogP contribution < -0.4 is 10.1 Å². The van der Waals surface area contributed by atoms with Crippen molar-refractivity contribution in [2.75, 3.05) is 20.3 Å². The fraction of sp³-hybridized carbons (Fsp3) is 0.588. The lowest BCUT2D eigenvalue weighted by molar-refractivity contribution is -0.139. The highest BCUT2D eigenvalue weighted by molar-refractivity contribution is 5.96. The van der Waals surface area contributed by atoms with Crippen LogP contribution in [0, 0.1) is 5.41 Å². The van der Waals surface area contributed by atoms with Crippen molar-refractivity contribution in [2.24, 2.45) is 5.41 Å². The summed E-state index contributed by atoms with van der Waals surface area (Å²) in [6.07, 6.45) is 2.50. The van der Waals surface area contributed by atoms with Crippen molar-refractivity contribution in [3.63, 3.8) is 0 Å². The van der Waals surface area contributed by atoms with Gasteiger partial charge in [0.1, 0.15) is 12.6 Å². The van der Waals surface area contributed by atoms with Crippen LogP contribution in [0.4, 0.5) is 0 Å². The molecule has 0 bridgehead atoms. The maximum absolute atomic E-state index is 12.3. The summed E-state index contributed by atoms with van der Waals surface area (Å²) in [7, 11) is 1.56. The molecule has 134 valence electrons. The van der Waals surface area contributed by atoms with Crippen molar-refractivity contribution >= 4 is 11.9 Å². The average Bonchev–Trinajstić information content (AvgIpc) is 2.50. The van der Waals surface area contributed by atoms with Crippen LogP contribution in [0.3, 0.4) is 0 Å². The Labute approximate surface area is 142 Å². The number of amides is 1. The molecule has 0 aliphatic heterocycles. The first-order chi connectivity index (χ1) is 11.2. The molecule has 7 nitrogen and oxygen atoms in total. The zero-order chi connectivity index (χ0) is 18.2. The van der Waals surface area contributed by atoms with Crippen LogP contribution in [-0.4, -0.2) is 48.3 Å². The molecular formula is C17H26N2O5. The van der Waals surface area contributed by atoms with E-state index < -0.39 is 17.9 Å². The van der Waals surface area contributed by atoms with Crippen molar-refractivity contribution in [3.8, 4) is 5.88 Å². The second-order valence-electron chi connectivity index (χ2n) is 6.69. The van der Waals surface area contributed by atoms with Gasteiger partial charge in [-0.3, -0.25) is 4.79 Å². The van der Waals surface area contributed by atoms with Gasteiger partial charge in [0.05, 0.1) is 6.61 Å². The van der Waals surface area contributed by atoms with Crippen LogP contribution in [-0.2, 0) is 9.53 Å². The van der Waals surface area contributed by atoms with Crippen molar-refractivity contribution in [2.45, 2.75) is 39.7 Å². The molecule has 0 aliphatic carbocycles. The number of ether oxygens (including phenoxy) is 2. The molecule has 1 aromatic rings. The Morgan fingerprint density at radius 3 is 2.62 bits per heavy atom. The highest BCUT2D eigenvalue weighted by Gasteiger charge is 2.23. The fourth-order valence-corrected chi connectivity index (χ4v) is 1.94. The van der Waals surface area contributed by atoms with Crippen LogP contribution in [0.15, 0.2) is 18.3 Å². The molecule has 0 saturated carbocycles. The summed E-state index contributed by atoms with van der Waals surface area (Å²) >= 11 is 0. The highest BCUT2D eigenvalue weighted by Crippen LogP contribution is 2.22. The van der Waals surface area contributed by atoms with E-state index in [9.17, 15) is 14.7 Å². The molecule has 2 N–H and O–H groups in total. The lowest BCUT2D eigenvalue weighted by Crippen LogP contribution is -2.41. The Morgan fingerprint density at radius 1 is 1.33 bits per heavy atom. The zero-order valence-electron chi connectivity index (χ0n) is 14.7. The van der Waals surface area contributed by atoms with E-state index in [0.717, 1.165) is 0 Å². The molecule has 0 spiro atoms. The number of carbonyl (C=O) groups excluding carboxylic acids is 1. The molecule has 1 unspecified atom stereocenters. The number of carboxylic acids is 1. The molecular weight excluding hydrogens is 312 g/mol. The normalized spacial score (nSPS) is 12.5. The summed E-state index contributed by atoms with van der Waals surface area (Å²) in [6, 6.07) is 2.07. The van der Waals surface area contributed by atoms with Gasteiger partial charge in [0.2, 0.25) is 5.88 Å². The van der Waals surface area contributed by atoms with E-state index in [1.165, 1.54) is 18.3 Å². The Bertz CT molecular complexity index is 554. The molecule has 0 saturated heterocycles. The Morgan fingerprint density at radius 2 is 2.04 bits per heavy atom. The maximum atomic E-state index is 12.3. The summed E-state index contributed by atoms with van der Waals surface area (Å²) in [5, 5.41) is 11.9. The number of nitrogens with zero attached hydrogens (tertiary/aromatic N) is 1. The lowest BCUT2D eigenvalue weighted by atomic mass is 9.88. The first-order valence-electron chi connectivity index (χ1n) is 7.84. The number of aliphatic carboxylic acids is 1. The van der Waals surface area contributed by atoms with Crippen LogP contribution >= 0.6 is 0 Å². The van der Waals surface area contributed by atoms with Crippen molar-refractivity contribution in [1.82, 2.24) is 10.3 Å². The van der Waals surface area contributed by atoms with Gasteiger partial charge in [-0.15, -0.1) is 0 Å². The smallest absolute Gasteiger partial charge is 0.326 e. The summed E-state index contributed by atoms with van der Waals surface area (Å²) < 4.78 is 10.2. The maximum Gasteiger partial charge on any atom is 0.326 e. The molecule has 1 aromatic heterocycles. The topological polar surface area (TPSA) is 97.8 Å². The van der Waals surface area contributed by atoms with Crippen LogP contribution in [0.5, 0.6) is 5.88 Å². The van der Waals surface area contributed by atoms with Gasteiger partial charge >= 0.3 is 5.97 Å². The third kappa shape index (κ3) is 7.41. The van der Waals surface area contributed by atoms with Crippen LogP contribution in [0.25, 0.3) is 0 Å². The van der Waals surface area contributed by atoms with E-state index in [1.54, 1.807) is 7.11 Å². The van der Waals surface area contributed by atoms with Crippen molar-refractivity contribution in [3.05, 3.63) is 23.9 Å². The van der Waals surface area contributed by atoms with E-state index in [2.05, 4.69) is 10.3 Å². The average molecular weight is 338 g/mol. The molecule has 1 amide bonds. The molecule has 0 aliphatic rings. The molecule has 24 heavy (non-hydrogen) atoms. The van der Waals surface area contributed by atoms with Gasteiger partial charge in [-0.05, 0) is 24.3 Å². The SMILES string of the molecule is COCCOc1cc(C(=O)NC(CCC(C)(C)C)C(=O)O)ccn1. The van der Waals surface area contributed by atoms with Crippen molar-refractivity contribution < 1.29 is 24.2 Å². The minimum absolute atomic E-state index is 0.00253. The summed E-state index contributed by atoms with van der Waals surface area (Å²) in [5.41, 5.74) is 0.302. The van der Waals surface area contributed by atoms with Gasteiger partial charge in [-0.1, -0.05) is 20.8 Å². The predicted octanol–water partition coefficient (Wildman–Crippen LogP) is 2.12. The van der Waals surface area contributed by atoms with Crippen LogP contribution in [0.2, 0.25) is 0 Å². The first kappa shape index (κ1) is 19.9. The number of hydrogen-bond acceptors (Lipinski definition) is 5.